The zero-order chi connectivity index (χ0) is 11.5. The summed E-state index contributed by atoms with van der Waals surface area (Å²) in [7, 11) is 0. The molecular weight excluding hydrogens is 275 g/mol. The Kier molecular flexibility index (Phi) is 3.05. The van der Waals surface area contributed by atoms with Crippen LogP contribution >= 0.6 is 15.9 Å². The maximum absolute atomic E-state index is 13.0. The Morgan fingerprint density at radius 2 is 1.94 bits per heavy atom. The fourth-order valence-corrected chi connectivity index (χ4v) is 1.67. The van der Waals surface area contributed by atoms with E-state index in [1.54, 1.807) is 0 Å². The first-order valence-corrected chi connectivity index (χ1v) is 5.22. The Morgan fingerprint density at radius 3 is 2.62 bits per heavy atom. The molecule has 0 spiro atoms. The van der Waals surface area contributed by atoms with Crippen LogP contribution in [0.15, 0.2) is 41.4 Å². The molecule has 2 aromatic rings. The summed E-state index contributed by atoms with van der Waals surface area (Å²) < 4.78 is 13.6. The van der Waals surface area contributed by atoms with Crippen LogP contribution in [0.1, 0.15) is 15.9 Å². The zero-order valence-corrected chi connectivity index (χ0v) is 9.61. The Labute approximate surface area is 99.5 Å². The van der Waals surface area contributed by atoms with Gasteiger partial charge in [0.05, 0.1) is 5.56 Å². The lowest BCUT2D eigenvalue weighted by Gasteiger charge is -2.02. The van der Waals surface area contributed by atoms with E-state index in [0.717, 1.165) is 0 Å². The Hall–Kier alpha value is -1.62. The number of carbonyl (C=O) groups excluding carboxylic acids is 1. The van der Waals surface area contributed by atoms with Gasteiger partial charge in [-0.3, -0.25) is 4.79 Å². The molecule has 0 atom stereocenters. The monoisotopic (exact) mass is 280 g/mol. The van der Waals surface area contributed by atoms with Gasteiger partial charge in [0.25, 0.3) is 0 Å². The molecule has 1 aromatic heterocycles. The Morgan fingerprint density at radius 1 is 1.25 bits per heavy atom. The second-order valence-corrected chi connectivity index (χ2v) is 3.93. The van der Waals surface area contributed by atoms with E-state index in [2.05, 4.69) is 25.9 Å². The minimum absolute atomic E-state index is 0.259. The van der Waals surface area contributed by atoms with E-state index in [1.165, 1.54) is 36.9 Å². The van der Waals surface area contributed by atoms with Crippen molar-refractivity contribution in [1.29, 1.82) is 0 Å². The standard InChI is InChI=1S/C11H6BrFN2O/c12-10-2-1-8(13)3-9(10)11(16)7-4-14-6-15-5-7/h1-6H. The maximum Gasteiger partial charge on any atom is 0.197 e. The van der Waals surface area contributed by atoms with Crippen LogP contribution in [-0.4, -0.2) is 15.8 Å². The van der Waals surface area contributed by atoms with Gasteiger partial charge in [0.2, 0.25) is 0 Å². The fraction of sp³-hybridized carbons (Fsp3) is 0. The lowest BCUT2D eigenvalue weighted by atomic mass is 10.1. The number of ketones is 1. The Balaban J connectivity index is 2.46. The number of hydrogen-bond acceptors (Lipinski definition) is 3. The average molecular weight is 281 g/mol. The van der Waals surface area contributed by atoms with Gasteiger partial charge in [0.15, 0.2) is 5.78 Å². The third-order valence-electron chi connectivity index (χ3n) is 2.00. The predicted octanol–water partition coefficient (Wildman–Crippen LogP) is 2.61. The SMILES string of the molecule is O=C(c1cncnc1)c1cc(F)ccc1Br. The summed E-state index contributed by atoms with van der Waals surface area (Å²) >= 11 is 3.20. The summed E-state index contributed by atoms with van der Waals surface area (Å²) in [4.78, 5) is 19.4. The average Bonchev–Trinajstić information content (AvgIpc) is 2.32. The van der Waals surface area contributed by atoms with E-state index < -0.39 is 5.82 Å². The molecule has 5 heteroatoms. The second-order valence-electron chi connectivity index (χ2n) is 3.08. The van der Waals surface area contributed by atoms with Crippen LogP contribution in [0.3, 0.4) is 0 Å². The molecule has 0 radical (unpaired) electrons. The summed E-state index contributed by atoms with van der Waals surface area (Å²) in [6.07, 6.45) is 4.12. The van der Waals surface area contributed by atoms with Gasteiger partial charge in [-0.15, -0.1) is 0 Å². The van der Waals surface area contributed by atoms with Gasteiger partial charge in [-0.05, 0) is 18.2 Å². The summed E-state index contributed by atoms with van der Waals surface area (Å²) in [5.41, 5.74) is 0.587. The molecule has 3 nitrogen and oxygen atoms in total. The summed E-state index contributed by atoms with van der Waals surface area (Å²) in [6.45, 7) is 0. The summed E-state index contributed by atoms with van der Waals surface area (Å²) in [6, 6.07) is 3.95. The smallest absolute Gasteiger partial charge is 0.197 e. The highest BCUT2D eigenvalue weighted by atomic mass is 79.9. The van der Waals surface area contributed by atoms with Crippen molar-refractivity contribution in [3.8, 4) is 0 Å². The summed E-state index contributed by atoms with van der Waals surface area (Å²) in [5.74, 6) is -0.768. The number of aromatic nitrogens is 2. The minimum Gasteiger partial charge on any atom is -0.288 e. The highest BCUT2D eigenvalue weighted by molar-refractivity contribution is 9.10. The highest BCUT2D eigenvalue weighted by Crippen LogP contribution is 2.20. The van der Waals surface area contributed by atoms with Gasteiger partial charge >= 0.3 is 0 Å². The van der Waals surface area contributed by atoms with Crippen LogP contribution in [0, 0.1) is 5.82 Å². The molecule has 0 saturated heterocycles. The minimum atomic E-state index is -0.455. The van der Waals surface area contributed by atoms with Crippen LogP contribution < -0.4 is 0 Å². The van der Waals surface area contributed by atoms with Crippen LogP contribution in [-0.2, 0) is 0 Å². The number of carbonyl (C=O) groups is 1. The fourth-order valence-electron chi connectivity index (χ4n) is 1.24. The molecule has 0 bridgehead atoms. The van der Waals surface area contributed by atoms with E-state index in [4.69, 9.17) is 0 Å². The van der Waals surface area contributed by atoms with Gasteiger partial charge in [-0.25, -0.2) is 14.4 Å². The van der Waals surface area contributed by atoms with Crippen molar-refractivity contribution >= 4 is 21.7 Å². The normalized spacial score (nSPS) is 10.1. The molecule has 2 rings (SSSR count). The molecule has 0 amide bonds. The molecule has 1 heterocycles. The molecule has 0 aliphatic carbocycles. The van der Waals surface area contributed by atoms with Crippen molar-refractivity contribution in [2.45, 2.75) is 0 Å². The van der Waals surface area contributed by atoms with Gasteiger partial charge in [0, 0.05) is 22.4 Å². The summed E-state index contributed by atoms with van der Waals surface area (Å²) in [5, 5.41) is 0. The molecule has 0 N–H and O–H groups in total. The zero-order valence-electron chi connectivity index (χ0n) is 8.02. The maximum atomic E-state index is 13.0. The molecular formula is C11H6BrFN2O. The first-order chi connectivity index (χ1) is 7.68. The third kappa shape index (κ3) is 2.14. The van der Waals surface area contributed by atoms with E-state index in [1.807, 2.05) is 0 Å². The van der Waals surface area contributed by atoms with Crippen LogP contribution in [0.5, 0.6) is 0 Å². The highest BCUT2D eigenvalue weighted by Gasteiger charge is 2.13. The number of nitrogens with zero attached hydrogens (tertiary/aromatic N) is 2. The first-order valence-electron chi connectivity index (χ1n) is 4.43. The lowest BCUT2D eigenvalue weighted by Crippen LogP contribution is -2.03. The van der Waals surface area contributed by atoms with Crippen LogP contribution in [0.2, 0.25) is 0 Å². The first kappa shape index (κ1) is 10.9. The quantitative estimate of drug-likeness (QED) is 0.795. The van der Waals surface area contributed by atoms with Crippen molar-refractivity contribution < 1.29 is 9.18 Å². The molecule has 0 unspecified atom stereocenters. The van der Waals surface area contributed by atoms with Gasteiger partial charge in [-0.2, -0.15) is 0 Å². The lowest BCUT2D eigenvalue weighted by molar-refractivity contribution is 0.103. The second kappa shape index (κ2) is 4.49. The van der Waals surface area contributed by atoms with E-state index in [0.29, 0.717) is 10.0 Å². The topological polar surface area (TPSA) is 42.9 Å². The molecule has 0 saturated carbocycles. The number of benzene rings is 1. The van der Waals surface area contributed by atoms with Crippen molar-refractivity contribution in [1.82, 2.24) is 9.97 Å². The Bertz CT molecular complexity index is 531. The number of rotatable bonds is 2. The largest absolute Gasteiger partial charge is 0.288 e. The molecule has 0 fully saturated rings. The molecule has 0 aliphatic rings. The van der Waals surface area contributed by atoms with E-state index >= 15 is 0 Å². The van der Waals surface area contributed by atoms with Gasteiger partial charge in [0.1, 0.15) is 12.1 Å². The van der Waals surface area contributed by atoms with Crippen molar-refractivity contribution in [3.63, 3.8) is 0 Å². The van der Waals surface area contributed by atoms with Crippen molar-refractivity contribution in [2.75, 3.05) is 0 Å². The number of halogens is 2. The van der Waals surface area contributed by atoms with Crippen molar-refractivity contribution in [2.24, 2.45) is 0 Å². The van der Waals surface area contributed by atoms with Crippen LogP contribution in [0.25, 0.3) is 0 Å². The predicted molar refractivity (Wildman–Crippen MR) is 59.6 cm³/mol. The van der Waals surface area contributed by atoms with Gasteiger partial charge < -0.3 is 0 Å². The van der Waals surface area contributed by atoms with Gasteiger partial charge in [-0.1, -0.05) is 15.9 Å². The molecule has 1 aromatic carbocycles. The van der Waals surface area contributed by atoms with Crippen LogP contribution in [0.4, 0.5) is 4.39 Å². The van der Waals surface area contributed by atoms with Crippen molar-refractivity contribution in [3.05, 3.63) is 58.3 Å². The molecule has 80 valence electrons. The molecule has 16 heavy (non-hydrogen) atoms. The third-order valence-corrected chi connectivity index (χ3v) is 2.69. The van der Waals surface area contributed by atoms with E-state index in [9.17, 15) is 9.18 Å². The molecule has 0 aliphatic heterocycles. The van der Waals surface area contributed by atoms with E-state index in [-0.39, 0.29) is 11.3 Å². The number of hydrogen-bond donors (Lipinski definition) is 0.